The van der Waals surface area contributed by atoms with Gasteiger partial charge in [0.1, 0.15) is 23.1 Å². The van der Waals surface area contributed by atoms with E-state index in [1.807, 2.05) is 55.5 Å². The molecule has 0 spiro atoms. The third-order valence-corrected chi connectivity index (χ3v) is 3.88. The molecule has 0 atom stereocenters. The first kappa shape index (κ1) is 18.3. The number of rotatable bonds is 7. The molecule has 7 heteroatoms. The number of benzene rings is 2. The van der Waals surface area contributed by atoms with Gasteiger partial charge in [-0.05, 0) is 31.2 Å². The van der Waals surface area contributed by atoms with Crippen LogP contribution in [0.3, 0.4) is 0 Å². The van der Waals surface area contributed by atoms with Crippen molar-refractivity contribution < 1.29 is 14.2 Å². The smallest absolute Gasteiger partial charge is 0.229 e. The van der Waals surface area contributed by atoms with Crippen molar-refractivity contribution in [3.05, 3.63) is 54.2 Å². The van der Waals surface area contributed by atoms with Gasteiger partial charge in [0.2, 0.25) is 5.95 Å². The van der Waals surface area contributed by atoms with Gasteiger partial charge >= 0.3 is 0 Å². The zero-order valence-corrected chi connectivity index (χ0v) is 15.7. The van der Waals surface area contributed by atoms with Crippen molar-refractivity contribution >= 4 is 23.1 Å². The highest BCUT2D eigenvalue weighted by atomic mass is 16.5. The number of hydrogen-bond acceptors (Lipinski definition) is 7. The number of hydrogen-bond donors (Lipinski definition) is 2. The Morgan fingerprint density at radius 2 is 1.48 bits per heavy atom. The van der Waals surface area contributed by atoms with Crippen LogP contribution in [0.5, 0.6) is 17.2 Å². The number of ether oxygens (including phenoxy) is 3. The number of aromatic nitrogens is 2. The molecule has 2 N–H and O–H groups in total. The molecular formula is C20H22N4O3. The zero-order valence-electron chi connectivity index (χ0n) is 15.7. The monoisotopic (exact) mass is 366 g/mol. The van der Waals surface area contributed by atoms with Gasteiger partial charge in [-0.25, -0.2) is 4.98 Å². The van der Waals surface area contributed by atoms with Gasteiger partial charge in [-0.1, -0.05) is 12.1 Å². The molecule has 0 saturated carbocycles. The van der Waals surface area contributed by atoms with Crippen molar-refractivity contribution in [2.24, 2.45) is 0 Å². The minimum atomic E-state index is 0.443. The molecule has 0 unspecified atom stereocenters. The van der Waals surface area contributed by atoms with Gasteiger partial charge in [-0.3, -0.25) is 0 Å². The molecule has 7 nitrogen and oxygen atoms in total. The summed E-state index contributed by atoms with van der Waals surface area (Å²) in [5.74, 6) is 3.20. The minimum Gasteiger partial charge on any atom is -0.497 e. The van der Waals surface area contributed by atoms with Crippen LogP contribution >= 0.6 is 0 Å². The van der Waals surface area contributed by atoms with E-state index >= 15 is 0 Å². The van der Waals surface area contributed by atoms with Crippen LogP contribution in [-0.2, 0) is 0 Å². The maximum atomic E-state index is 5.40. The molecule has 2 aromatic carbocycles. The molecule has 0 aliphatic rings. The lowest BCUT2D eigenvalue weighted by atomic mass is 10.2. The largest absolute Gasteiger partial charge is 0.497 e. The summed E-state index contributed by atoms with van der Waals surface area (Å²) in [6.07, 6.45) is 0. The van der Waals surface area contributed by atoms with Gasteiger partial charge in [0.15, 0.2) is 0 Å². The Morgan fingerprint density at radius 3 is 2.22 bits per heavy atom. The van der Waals surface area contributed by atoms with Crippen LogP contribution in [0.2, 0.25) is 0 Å². The number of aryl methyl sites for hydroxylation is 1. The van der Waals surface area contributed by atoms with Crippen LogP contribution < -0.4 is 24.8 Å². The molecular weight excluding hydrogens is 344 g/mol. The van der Waals surface area contributed by atoms with Crippen LogP contribution in [0.15, 0.2) is 48.5 Å². The lowest BCUT2D eigenvalue weighted by Gasteiger charge is -2.14. The molecule has 0 amide bonds. The molecule has 0 aliphatic heterocycles. The van der Waals surface area contributed by atoms with E-state index in [1.54, 1.807) is 21.3 Å². The number of nitrogens with zero attached hydrogens (tertiary/aromatic N) is 2. The summed E-state index contributed by atoms with van der Waals surface area (Å²) in [5.41, 5.74) is 2.35. The highest BCUT2D eigenvalue weighted by Gasteiger charge is 2.10. The molecule has 140 valence electrons. The third kappa shape index (κ3) is 4.38. The predicted octanol–water partition coefficient (Wildman–Crippen LogP) is 4.30. The van der Waals surface area contributed by atoms with Crippen LogP contribution in [0.1, 0.15) is 5.69 Å². The van der Waals surface area contributed by atoms with Crippen molar-refractivity contribution in [3.63, 3.8) is 0 Å². The first-order valence-corrected chi connectivity index (χ1v) is 8.37. The van der Waals surface area contributed by atoms with Crippen LogP contribution in [0.25, 0.3) is 0 Å². The first-order valence-electron chi connectivity index (χ1n) is 8.37. The van der Waals surface area contributed by atoms with Crippen molar-refractivity contribution in [3.8, 4) is 17.2 Å². The van der Waals surface area contributed by atoms with E-state index in [2.05, 4.69) is 20.6 Å². The van der Waals surface area contributed by atoms with Gasteiger partial charge in [-0.2, -0.15) is 4.98 Å². The second-order valence-electron chi connectivity index (χ2n) is 5.73. The molecule has 0 bridgehead atoms. The molecule has 0 fully saturated rings. The van der Waals surface area contributed by atoms with E-state index in [4.69, 9.17) is 14.2 Å². The quantitative estimate of drug-likeness (QED) is 0.645. The number of methoxy groups -OCH3 is 3. The van der Waals surface area contributed by atoms with E-state index in [-0.39, 0.29) is 0 Å². The van der Waals surface area contributed by atoms with Crippen LogP contribution in [0, 0.1) is 6.92 Å². The van der Waals surface area contributed by atoms with Crippen molar-refractivity contribution in [2.75, 3.05) is 32.0 Å². The Labute approximate surface area is 158 Å². The summed E-state index contributed by atoms with van der Waals surface area (Å²) >= 11 is 0. The fourth-order valence-corrected chi connectivity index (χ4v) is 2.61. The van der Waals surface area contributed by atoms with Gasteiger partial charge in [0.25, 0.3) is 0 Å². The summed E-state index contributed by atoms with van der Waals surface area (Å²) in [4.78, 5) is 9.00. The average Bonchev–Trinajstić information content (AvgIpc) is 2.68. The Hall–Kier alpha value is -3.48. The van der Waals surface area contributed by atoms with Crippen molar-refractivity contribution in [1.82, 2.24) is 9.97 Å². The van der Waals surface area contributed by atoms with Gasteiger partial charge < -0.3 is 24.8 Å². The molecule has 0 saturated heterocycles. The predicted molar refractivity (Wildman–Crippen MR) is 106 cm³/mol. The summed E-state index contributed by atoms with van der Waals surface area (Å²) in [7, 11) is 4.86. The van der Waals surface area contributed by atoms with E-state index in [0.29, 0.717) is 29.0 Å². The summed E-state index contributed by atoms with van der Waals surface area (Å²) in [5, 5.41) is 6.46. The zero-order chi connectivity index (χ0) is 19.2. The van der Waals surface area contributed by atoms with E-state index in [1.165, 1.54) is 0 Å². The molecule has 27 heavy (non-hydrogen) atoms. The second-order valence-corrected chi connectivity index (χ2v) is 5.73. The Balaban J connectivity index is 1.90. The standard InChI is InChI=1S/C20H22N4O3/c1-13-11-19(22-15-7-5-6-8-17(15)26-3)24-20(21-13)23-16-12-14(25-2)9-10-18(16)27-4/h5-12H,1-4H3,(H2,21,22,23,24). The number of para-hydroxylation sites is 2. The van der Waals surface area contributed by atoms with E-state index < -0.39 is 0 Å². The maximum absolute atomic E-state index is 5.40. The van der Waals surface area contributed by atoms with E-state index in [0.717, 1.165) is 17.1 Å². The topological polar surface area (TPSA) is 77.5 Å². The summed E-state index contributed by atoms with van der Waals surface area (Å²) in [6, 6.07) is 15.0. The molecule has 1 heterocycles. The Bertz CT molecular complexity index is 931. The highest BCUT2D eigenvalue weighted by Crippen LogP contribution is 2.31. The Kier molecular flexibility index (Phi) is 5.61. The number of nitrogens with one attached hydrogen (secondary N) is 2. The van der Waals surface area contributed by atoms with E-state index in [9.17, 15) is 0 Å². The van der Waals surface area contributed by atoms with Gasteiger partial charge in [-0.15, -0.1) is 0 Å². The Morgan fingerprint density at radius 1 is 0.741 bits per heavy atom. The fraction of sp³-hybridized carbons (Fsp3) is 0.200. The lowest BCUT2D eigenvalue weighted by Crippen LogP contribution is -2.04. The fourth-order valence-electron chi connectivity index (χ4n) is 2.61. The molecule has 3 rings (SSSR count). The number of anilines is 4. The molecule has 0 radical (unpaired) electrons. The van der Waals surface area contributed by atoms with Gasteiger partial charge in [0, 0.05) is 17.8 Å². The van der Waals surface area contributed by atoms with Crippen molar-refractivity contribution in [1.29, 1.82) is 0 Å². The molecule has 1 aromatic heterocycles. The van der Waals surface area contributed by atoms with Crippen molar-refractivity contribution in [2.45, 2.75) is 6.92 Å². The average molecular weight is 366 g/mol. The summed E-state index contributed by atoms with van der Waals surface area (Å²) in [6.45, 7) is 1.91. The van der Waals surface area contributed by atoms with Gasteiger partial charge in [0.05, 0.1) is 32.7 Å². The molecule has 0 aliphatic carbocycles. The minimum absolute atomic E-state index is 0.443. The molecule has 3 aromatic rings. The highest BCUT2D eigenvalue weighted by molar-refractivity contribution is 5.68. The normalized spacial score (nSPS) is 10.2. The third-order valence-electron chi connectivity index (χ3n) is 3.88. The second kappa shape index (κ2) is 8.27. The van der Waals surface area contributed by atoms with Crippen LogP contribution in [0.4, 0.5) is 23.1 Å². The first-order chi connectivity index (χ1) is 13.1. The van der Waals surface area contributed by atoms with Crippen LogP contribution in [-0.4, -0.2) is 31.3 Å². The lowest BCUT2D eigenvalue weighted by molar-refractivity contribution is 0.405. The SMILES string of the molecule is COc1ccc(OC)c(Nc2nc(C)cc(Nc3ccccc3OC)n2)c1. The maximum Gasteiger partial charge on any atom is 0.229 e. The summed E-state index contributed by atoms with van der Waals surface area (Å²) < 4.78 is 16.1.